The van der Waals surface area contributed by atoms with Gasteiger partial charge >= 0.3 is 5.97 Å². The van der Waals surface area contributed by atoms with Crippen LogP contribution in [0.2, 0.25) is 0 Å². The highest BCUT2D eigenvalue weighted by Crippen LogP contribution is 2.38. The normalized spacial score (nSPS) is 11.9. The number of nitrogens with one attached hydrogen (secondary N) is 2. The summed E-state index contributed by atoms with van der Waals surface area (Å²) in [5.41, 5.74) is 3.31. The Morgan fingerprint density at radius 3 is 2.31 bits per heavy atom. The zero-order valence-electron chi connectivity index (χ0n) is 21.1. The molecule has 0 amide bonds. The Labute approximate surface area is 211 Å². The molecule has 0 aliphatic carbocycles. The van der Waals surface area contributed by atoms with Crippen LogP contribution in [0.3, 0.4) is 0 Å². The SMILES string of the molecule is COC(=O)c1cc(NS(C)(=O)=O)ccc1C=Cc1cc(-c2ccc[nH]c2=O)cc(C(C)(C)C)c1OC. The van der Waals surface area contributed by atoms with Gasteiger partial charge in [-0.2, -0.15) is 0 Å². The van der Waals surface area contributed by atoms with Crippen LogP contribution in [-0.2, 0) is 20.2 Å². The van der Waals surface area contributed by atoms with Crippen molar-refractivity contribution < 1.29 is 22.7 Å². The molecule has 2 aromatic carbocycles. The van der Waals surface area contributed by atoms with E-state index in [1.165, 1.54) is 13.2 Å². The first-order valence-corrected chi connectivity index (χ1v) is 13.0. The molecular weight excluding hydrogens is 480 g/mol. The third-order valence-corrected chi connectivity index (χ3v) is 6.07. The molecule has 190 valence electrons. The molecule has 3 aromatic rings. The van der Waals surface area contributed by atoms with Gasteiger partial charge in [-0.25, -0.2) is 13.2 Å². The number of H-pyrrole nitrogens is 1. The minimum absolute atomic E-state index is 0.188. The number of hydrogen-bond acceptors (Lipinski definition) is 6. The van der Waals surface area contributed by atoms with E-state index in [1.807, 2.05) is 12.1 Å². The topological polar surface area (TPSA) is 115 Å². The van der Waals surface area contributed by atoms with Gasteiger partial charge in [0.2, 0.25) is 10.0 Å². The maximum Gasteiger partial charge on any atom is 0.338 e. The number of carbonyl (C=O) groups excluding carboxylic acids is 1. The summed E-state index contributed by atoms with van der Waals surface area (Å²) in [5, 5.41) is 0. The van der Waals surface area contributed by atoms with Gasteiger partial charge in [0.25, 0.3) is 5.56 Å². The summed E-state index contributed by atoms with van der Waals surface area (Å²) in [4.78, 5) is 27.7. The van der Waals surface area contributed by atoms with Gasteiger partial charge in [-0.15, -0.1) is 0 Å². The highest BCUT2D eigenvalue weighted by Gasteiger charge is 2.23. The second-order valence-corrected chi connectivity index (χ2v) is 11.1. The molecule has 0 saturated heterocycles. The van der Waals surface area contributed by atoms with Crippen LogP contribution in [-0.4, -0.2) is 39.8 Å². The Morgan fingerprint density at radius 2 is 1.72 bits per heavy atom. The van der Waals surface area contributed by atoms with Gasteiger partial charge in [-0.3, -0.25) is 9.52 Å². The zero-order chi connectivity index (χ0) is 26.7. The fourth-order valence-corrected chi connectivity index (χ4v) is 4.36. The van der Waals surface area contributed by atoms with Crippen molar-refractivity contribution in [1.29, 1.82) is 0 Å². The van der Waals surface area contributed by atoms with Crippen molar-refractivity contribution >= 4 is 33.8 Å². The molecule has 0 bridgehead atoms. The largest absolute Gasteiger partial charge is 0.496 e. The van der Waals surface area contributed by atoms with Crippen molar-refractivity contribution in [2.45, 2.75) is 26.2 Å². The van der Waals surface area contributed by atoms with Gasteiger partial charge < -0.3 is 14.5 Å². The second kappa shape index (κ2) is 10.4. The summed E-state index contributed by atoms with van der Waals surface area (Å²) in [6.07, 6.45) is 6.12. The summed E-state index contributed by atoms with van der Waals surface area (Å²) in [6, 6.07) is 11.9. The van der Waals surface area contributed by atoms with E-state index in [9.17, 15) is 18.0 Å². The van der Waals surface area contributed by atoms with Crippen LogP contribution in [0.5, 0.6) is 5.75 Å². The summed E-state index contributed by atoms with van der Waals surface area (Å²) < 4.78 is 36.3. The lowest BCUT2D eigenvalue weighted by atomic mass is 9.83. The Bertz CT molecular complexity index is 1480. The van der Waals surface area contributed by atoms with E-state index in [0.717, 1.165) is 17.4 Å². The standard InChI is InChI=1S/C27H30N2O6S/c1-27(2,3)23-15-19(21-8-7-13-28-25(21)30)14-18(24(23)34-4)10-9-17-11-12-20(29-36(6,32)33)16-22(17)26(31)35-5/h7-16,29H,1-6H3,(H,28,30). The summed E-state index contributed by atoms with van der Waals surface area (Å²) in [5.74, 6) is 0.0311. The molecule has 1 aromatic heterocycles. The van der Waals surface area contributed by atoms with Gasteiger partial charge in [0.15, 0.2) is 0 Å². The van der Waals surface area contributed by atoms with Crippen LogP contribution >= 0.6 is 0 Å². The second-order valence-electron chi connectivity index (χ2n) is 9.31. The number of sulfonamides is 1. The lowest BCUT2D eigenvalue weighted by molar-refractivity contribution is 0.0600. The first-order chi connectivity index (χ1) is 16.8. The minimum Gasteiger partial charge on any atom is -0.496 e. The van der Waals surface area contributed by atoms with Crippen LogP contribution in [0, 0.1) is 0 Å². The van der Waals surface area contributed by atoms with Crippen molar-refractivity contribution in [3.8, 4) is 16.9 Å². The number of esters is 1. The average molecular weight is 511 g/mol. The predicted octanol–water partition coefficient (Wildman–Crippen LogP) is 4.68. The number of carbonyl (C=O) groups is 1. The number of aromatic amines is 1. The maximum absolute atomic E-state index is 12.5. The number of methoxy groups -OCH3 is 2. The van der Waals surface area contributed by atoms with Crippen molar-refractivity contribution in [2.75, 3.05) is 25.2 Å². The Balaban J connectivity index is 2.20. The minimum atomic E-state index is -3.52. The van der Waals surface area contributed by atoms with E-state index in [-0.39, 0.29) is 22.2 Å². The monoisotopic (exact) mass is 510 g/mol. The molecule has 0 spiro atoms. The van der Waals surface area contributed by atoms with E-state index in [2.05, 4.69) is 30.5 Å². The third kappa shape index (κ3) is 6.23. The average Bonchev–Trinajstić information content (AvgIpc) is 2.80. The molecule has 0 unspecified atom stereocenters. The lowest BCUT2D eigenvalue weighted by Crippen LogP contribution is -2.15. The molecule has 0 atom stereocenters. The maximum atomic E-state index is 12.5. The highest BCUT2D eigenvalue weighted by atomic mass is 32.2. The van der Waals surface area contributed by atoms with E-state index in [0.29, 0.717) is 22.4 Å². The lowest BCUT2D eigenvalue weighted by Gasteiger charge is -2.24. The van der Waals surface area contributed by atoms with Gasteiger partial charge in [0.05, 0.1) is 26.0 Å². The fourth-order valence-electron chi connectivity index (χ4n) is 3.81. The van der Waals surface area contributed by atoms with Gasteiger partial charge in [-0.1, -0.05) is 39.0 Å². The van der Waals surface area contributed by atoms with Crippen molar-refractivity contribution in [2.24, 2.45) is 0 Å². The van der Waals surface area contributed by atoms with Gasteiger partial charge in [0.1, 0.15) is 5.75 Å². The molecule has 8 nitrogen and oxygen atoms in total. The molecular formula is C27H30N2O6S. The van der Waals surface area contributed by atoms with Gasteiger partial charge in [0, 0.05) is 28.6 Å². The number of hydrogen-bond donors (Lipinski definition) is 2. The van der Waals surface area contributed by atoms with E-state index >= 15 is 0 Å². The van der Waals surface area contributed by atoms with Crippen molar-refractivity contribution in [1.82, 2.24) is 4.98 Å². The molecule has 0 aliphatic heterocycles. The van der Waals surface area contributed by atoms with Crippen LogP contribution in [0.1, 0.15) is 47.8 Å². The highest BCUT2D eigenvalue weighted by molar-refractivity contribution is 7.92. The first kappa shape index (κ1) is 26.7. The number of rotatable bonds is 7. The molecule has 3 rings (SSSR count). The Morgan fingerprint density at radius 1 is 1.03 bits per heavy atom. The number of aromatic nitrogens is 1. The molecule has 9 heteroatoms. The predicted molar refractivity (Wildman–Crippen MR) is 143 cm³/mol. The van der Waals surface area contributed by atoms with Crippen molar-refractivity contribution in [3.05, 3.63) is 81.3 Å². The van der Waals surface area contributed by atoms with Crippen LogP contribution < -0.4 is 15.0 Å². The van der Waals surface area contributed by atoms with Crippen LogP contribution in [0.4, 0.5) is 5.69 Å². The van der Waals surface area contributed by atoms with Gasteiger partial charge in [-0.05, 0) is 52.9 Å². The Kier molecular flexibility index (Phi) is 7.74. The summed E-state index contributed by atoms with van der Waals surface area (Å²) in [7, 11) is -0.680. The summed E-state index contributed by atoms with van der Waals surface area (Å²) in [6.45, 7) is 6.17. The fraction of sp³-hybridized carbons (Fsp3) is 0.259. The quantitative estimate of drug-likeness (QED) is 0.352. The molecule has 0 fully saturated rings. The van der Waals surface area contributed by atoms with Crippen molar-refractivity contribution in [3.63, 3.8) is 0 Å². The first-order valence-electron chi connectivity index (χ1n) is 11.1. The van der Waals surface area contributed by atoms with Crippen LogP contribution in [0.15, 0.2) is 53.5 Å². The molecule has 36 heavy (non-hydrogen) atoms. The third-order valence-electron chi connectivity index (χ3n) is 5.46. The van der Waals surface area contributed by atoms with E-state index < -0.39 is 16.0 Å². The number of benzene rings is 2. The van der Waals surface area contributed by atoms with E-state index in [4.69, 9.17) is 9.47 Å². The molecule has 0 aliphatic rings. The smallest absolute Gasteiger partial charge is 0.338 e. The molecule has 0 saturated carbocycles. The number of ether oxygens (including phenoxy) is 2. The number of pyridine rings is 1. The Hall–Kier alpha value is -3.85. The molecule has 1 heterocycles. The van der Waals surface area contributed by atoms with Crippen LogP contribution in [0.25, 0.3) is 23.3 Å². The number of anilines is 1. The summed E-state index contributed by atoms with van der Waals surface area (Å²) >= 11 is 0. The zero-order valence-corrected chi connectivity index (χ0v) is 21.9. The molecule has 0 radical (unpaired) electrons. The van der Waals surface area contributed by atoms with E-state index in [1.54, 1.807) is 49.7 Å². The molecule has 2 N–H and O–H groups in total.